The molecule has 1 N–H and O–H groups in total. The van der Waals surface area contributed by atoms with Crippen molar-refractivity contribution in [3.63, 3.8) is 0 Å². The number of rotatable bonds is 6. The van der Waals surface area contributed by atoms with Crippen LogP contribution in [0.4, 0.5) is 8.78 Å². The van der Waals surface area contributed by atoms with Crippen molar-refractivity contribution in [1.29, 1.82) is 0 Å². The highest BCUT2D eigenvalue weighted by Gasteiger charge is 2.36. The fraction of sp³-hybridized carbons (Fsp3) is 0.588. The summed E-state index contributed by atoms with van der Waals surface area (Å²) in [6, 6.07) is 3.26. The molecular weight excluding hydrogens is 302 g/mol. The van der Waals surface area contributed by atoms with Gasteiger partial charge in [0.1, 0.15) is 0 Å². The van der Waals surface area contributed by atoms with Crippen molar-refractivity contribution < 1.29 is 18.7 Å². The summed E-state index contributed by atoms with van der Waals surface area (Å²) in [4.78, 5) is 16.2. The Hall–Kier alpha value is -1.53. The predicted octanol–water partition coefficient (Wildman–Crippen LogP) is 2.27. The number of halogens is 2. The Kier molecular flexibility index (Phi) is 5.70. The zero-order chi connectivity index (χ0) is 17.1. The molecule has 6 heteroatoms. The van der Waals surface area contributed by atoms with Gasteiger partial charge < -0.3 is 10.0 Å². The maximum Gasteiger partial charge on any atom is 0.253 e. The van der Waals surface area contributed by atoms with Crippen LogP contribution in [0.25, 0.3) is 0 Å². The summed E-state index contributed by atoms with van der Waals surface area (Å²) in [6.45, 7) is 5.26. The number of carbonyl (C=O) groups is 1. The van der Waals surface area contributed by atoms with E-state index in [1.54, 1.807) is 11.9 Å². The molecule has 1 saturated heterocycles. The molecule has 0 radical (unpaired) electrons. The van der Waals surface area contributed by atoms with Crippen LogP contribution in [0.5, 0.6) is 0 Å². The van der Waals surface area contributed by atoms with E-state index in [0.717, 1.165) is 25.0 Å². The number of likely N-dealkylation sites (tertiary alicyclic amines) is 1. The first-order valence-electron chi connectivity index (χ1n) is 7.99. The minimum Gasteiger partial charge on any atom is -0.390 e. The van der Waals surface area contributed by atoms with Crippen molar-refractivity contribution in [3.05, 3.63) is 35.4 Å². The number of aliphatic hydroxyl groups excluding tert-OH is 1. The van der Waals surface area contributed by atoms with Crippen LogP contribution in [-0.2, 0) is 0 Å². The first kappa shape index (κ1) is 17.8. The van der Waals surface area contributed by atoms with Gasteiger partial charge in [0.25, 0.3) is 5.91 Å². The molecule has 1 heterocycles. The predicted molar refractivity (Wildman–Crippen MR) is 84.2 cm³/mol. The maximum atomic E-state index is 13.3. The maximum absolute atomic E-state index is 13.3. The van der Waals surface area contributed by atoms with Crippen molar-refractivity contribution in [2.75, 3.05) is 20.1 Å². The fourth-order valence-electron chi connectivity index (χ4n) is 2.92. The molecular formula is C17H24F2N2O2. The first-order valence-corrected chi connectivity index (χ1v) is 7.99. The van der Waals surface area contributed by atoms with Crippen molar-refractivity contribution in [3.8, 4) is 0 Å². The Balaban J connectivity index is 2.08. The number of nitrogens with zero attached hydrogens (tertiary/aromatic N) is 2. The molecule has 0 unspecified atom stereocenters. The highest BCUT2D eigenvalue weighted by molar-refractivity contribution is 5.94. The van der Waals surface area contributed by atoms with Crippen LogP contribution in [0.1, 0.15) is 37.0 Å². The molecule has 0 saturated carbocycles. The quantitative estimate of drug-likeness (QED) is 0.872. The van der Waals surface area contributed by atoms with E-state index in [-0.39, 0.29) is 29.7 Å². The lowest BCUT2D eigenvalue weighted by Crippen LogP contribution is -2.61. The number of aliphatic hydroxyl groups is 1. The monoisotopic (exact) mass is 326 g/mol. The second-order valence-corrected chi connectivity index (χ2v) is 6.25. The average Bonchev–Trinajstić information content (AvgIpc) is 2.54. The van der Waals surface area contributed by atoms with E-state index in [0.29, 0.717) is 13.1 Å². The average molecular weight is 326 g/mol. The van der Waals surface area contributed by atoms with Gasteiger partial charge in [-0.1, -0.05) is 13.3 Å². The molecule has 23 heavy (non-hydrogen) atoms. The lowest BCUT2D eigenvalue weighted by Gasteiger charge is -2.46. The van der Waals surface area contributed by atoms with Gasteiger partial charge in [0.2, 0.25) is 0 Å². The topological polar surface area (TPSA) is 43.8 Å². The van der Waals surface area contributed by atoms with Gasteiger partial charge in [-0.05, 0) is 31.5 Å². The molecule has 4 nitrogen and oxygen atoms in total. The molecule has 1 aromatic carbocycles. The second kappa shape index (κ2) is 7.36. The second-order valence-electron chi connectivity index (χ2n) is 6.25. The Morgan fingerprint density at radius 3 is 2.65 bits per heavy atom. The number of likely N-dealkylation sites (N-methyl/N-ethyl adjacent to an activating group) is 1. The van der Waals surface area contributed by atoms with Gasteiger partial charge in [-0.25, -0.2) is 8.78 Å². The van der Waals surface area contributed by atoms with Crippen LogP contribution in [-0.4, -0.2) is 59.1 Å². The third kappa shape index (κ3) is 3.87. The number of hydrogen-bond acceptors (Lipinski definition) is 3. The van der Waals surface area contributed by atoms with Crippen molar-refractivity contribution >= 4 is 5.91 Å². The Bertz CT molecular complexity index is 568. The van der Waals surface area contributed by atoms with Crippen LogP contribution in [0.15, 0.2) is 18.2 Å². The molecule has 128 valence electrons. The third-order valence-electron chi connectivity index (χ3n) is 4.66. The van der Waals surface area contributed by atoms with Crippen molar-refractivity contribution in [2.24, 2.45) is 0 Å². The van der Waals surface area contributed by atoms with Crippen molar-refractivity contribution in [2.45, 2.75) is 44.9 Å². The van der Waals surface area contributed by atoms with E-state index in [9.17, 15) is 18.7 Å². The van der Waals surface area contributed by atoms with Gasteiger partial charge in [-0.15, -0.1) is 0 Å². The number of amides is 1. The summed E-state index contributed by atoms with van der Waals surface area (Å²) in [5.74, 6) is -2.30. The van der Waals surface area contributed by atoms with Gasteiger partial charge >= 0.3 is 0 Å². The van der Waals surface area contributed by atoms with Crippen LogP contribution in [0.2, 0.25) is 0 Å². The van der Waals surface area contributed by atoms with Crippen LogP contribution in [0, 0.1) is 11.6 Å². The first-order chi connectivity index (χ1) is 10.8. The molecule has 0 bridgehead atoms. The molecule has 3 atom stereocenters. The van der Waals surface area contributed by atoms with E-state index in [1.807, 2.05) is 13.8 Å². The van der Waals surface area contributed by atoms with E-state index in [4.69, 9.17) is 0 Å². The zero-order valence-electron chi connectivity index (χ0n) is 13.8. The normalized spacial score (nSPS) is 22.5. The van der Waals surface area contributed by atoms with Crippen LogP contribution >= 0.6 is 0 Å². The standard InChI is InChI=1S/C17H24F2N2O2/c1-4-5-13(9-21-10-16(22)11(21)2)20(3)17(23)12-6-7-14(18)15(19)8-12/h6-8,11,13,16,22H,4-5,9-10H2,1-3H3/t11-,13+,16-/m1/s1. The Morgan fingerprint density at radius 2 is 2.13 bits per heavy atom. The Morgan fingerprint density at radius 1 is 1.43 bits per heavy atom. The summed E-state index contributed by atoms with van der Waals surface area (Å²) in [6.07, 6.45) is 1.40. The molecule has 1 amide bonds. The molecule has 2 rings (SSSR count). The minimum absolute atomic E-state index is 0.0319. The van der Waals surface area contributed by atoms with E-state index < -0.39 is 11.6 Å². The summed E-state index contributed by atoms with van der Waals surface area (Å²) < 4.78 is 26.4. The lowest BCUT2D eigenvalue weighted by atomic mass is 9.98. The summed E-state index contributed by atoms with van der Waals surface area (Å²) >= 11 is 0. The number of carbonyl (C=O) groups excluding carboxylic acids is 1. The van der Waals surface area contributed by atoms with Gasteiger partial charge in [0, 0.05) is 37.8 Å². The largest absolute Gasteiger partial charge is 0.390 e. The minimum atomic E-state index is -1.02. The number of β-amino-alcohol motifs (C(OH)–C–C–N with tert-alkyl or cyclic N) is 1. The number of hydrogen-bond donors (Lipinski definition) is 1. The van der Waals surface area contributed by atoms with E-state index in [1.165, 1.54) is 6.07 Å². The molecule has 0 aliphatic carbocycles. The number of benzene rings is 1. The molecule has 0 spiro atoms. The highest BCUT2D eigenvalue weighted by atomic mass is 19.2. The van der Waals surface area contributed by atoms with E-state index in [2.05, 4.69) is 4.90 Å². The van der Waals surface area contributed by atoms with Gasteiger partial charge in [0.15, 0.2) is 11.6 Å². The van der Waals surface area contributed by atoms with Gasteiger partial charge in [0.05, 0.1) is 6.10 Å². The summed E-state index contributed by atoms with van der Waals surface area (Å²) in [5.41, 5.74) is 0.143. The molecule has 1 aliphatic rings. The van der Waals surface area contributed by atoms with Gasteiger partial charge in [-0.2, -0.15) is 0 Å². The molecule has 1 aromatic rings. The molecule has 1 aliphatic heterocycles. The zero-order valence-corrected chi connectivity index (χ0v) is 13.8. The lowest BCUT2D eigenvalue weighted by molar-refractivity contribution is -0.0614. The third-order valence-corrected chi connectivity index (χ3v) is 4.66. The van der Waals surface area contributed by atoms with Gasteiger partial charge in [-0.3, -0.25) is 9.69 Å². The van der Waals surface area contributed by atoms with E-state index >= 15 is 0 Å². The smallest absolute Gasteiger partial charge is 0.253 e. The summed E-state index contributed by atoms with van der Waals surface area (Å²) in [7, 11) is 1.69. The molecule has 0 aromatic heterocycles. The SMILES string of the molecule is CCC[C@@H](CN1C[C@@H](O)[C@H]1C)N(C)C(=O)c1ccc(F)c(F)c1. The van der Waals surface area contributed by atoms with Crippen LogP contribution in [0.3, 0.4) is 0 Å². The Labute approximate surface area is 135 Å². The van der Waals surface area contributed by atoms with Crippen LogP contribution < -0.4 is 0 Å². The summed E-state index contributed by atoms with van der Waals surface area (Å²) in [5, 5.41) is 9.61. The molecule has 1 fully saturated rings. The highest BCUT2D eigenvalue weighted by Crippen LogP contribution is 2.21. The van der Waals surface area contributed by atoms with Crippen molar-refractivity contribution in [1.82, 2.24) is 9.80 Å². The fourth-order valence-corrected chi connectivity index (χ4v) is 2.92.